The molecule has 4 rings (SSSR count). The van der Waals surface area contributed by atoms with Crippen molar-refractivity contribution in [3.05, 3.63) is 41.0 Å². The lowest BCUT2D eigenvalue weighted by Gasteiger charge is -2.28. The molecule has 7 nitrogen and oxygen atoms in total. The number of nitrogens with one attached hydrogen (secondary N) is 1. The number of hydrogen-bond donors (Lipinski definition) is 2. The number of benzene rings is 1. The van der Waals surface area contributed by atoms with Crippen LogP contribution in [0.15, 0.2) is 29.4 Å². The van der Waals surface area contributed by atoms with Crippen LogP contribution in [0, 0.1) is 6.92 Å². The number of fused-ring (bicyclic) bond motifs is 1. The minimum absolute atomic E-state index is 0.122. The lowest BCUT2D eigenvalue weighted by Crippen LogP contribution is -2.31. The lowest BCUT2D eigenvalue weighted by atomic mass is 10.1. The summed E-state index contributed by atoms with van der Waals surface area (Å²) in [5.41, 5.74) is 7.01. The van der Waals surface area contributed by atoms with Gasteiger partial charge in [-0.25, -0.2) is 0 Å². The number of rotatable bonds is 6. The molecule has 0 amide bonds. The summed E-state index contributed by atoms with van der Waals surface area (Å²) in [7, 11) is 0. The van der Waals surface area contributed by atoms with E-state index in [4.69, 9.17) is 4.74 Å². The number of aliphatic hydroxyl groups is 1. The second-order valence-electron chi connectivity index (χ2n) is 8.87. The molecule has 0 radical (unpaired) electrons. The minimum Gasteiger partial charge on any atom is -0.460 e. The van der Waals surface area contributed by atoms with Crippen LogP contribution in [0.2, 0.25) is 0 Å². The topological polar surface area (TPSA) is 82.9 Å². The molecule has 1 aromatic heterocycles. The van der Waals surface area contributed by atoms with Crippen molar-refractivity contribution < 1.29 is 9.84 Å². The number of anilines is 2. The Hall–Kier alpha value is -2.67. The molecule has 2 heterocycles. The maximum Gasteiger partial charge on any atom is 0.320 e. The Balaban J connectivity index is 1.58. The predicted octanol–water partition coefficient (Wildman–Crippen LogP) is 3.69. The normalized spacial score (nSPS) is 17.9. The van der Waals surface area contributed by atoms with E-state index in [2.05, 4.69) is 50.5 Å². The van der Waals surface area contributed by atoms with Gasteiger partial charge >= 0.3 is 6.01 Å². The van der Waals surface area contributed by atoms with Gasteiger partial charge < -0.3 is 14.7 Å². The van der Waals surface area contributed by atoms with Gasteiger partial charge in [-0.2, -0.15) is 15.1 Å². The van der Waals surface area contributed by atoms with Gasteiger partial charge in [0, 0.05) is 24.7 Å². The Morgan fingerprint density at radius 1 is 1.13 bits per heavy atom. The molecular formula is C23H31N5O2. The maximum absolute atomic E-state index is 10.0. The molecule has 0 spiro atoms. The van der Waals surface area contributed by atoms with Crippen molar-refractivity contribution in [2.75, 3.05) is 30.0 Å². The van der Waals surface area contributed by atoms with Crippen LogP contribution in [-0.2, 0) is 6.42 Å². The number of hydrogen-bond acceptors (Lipinski definition) is 7. The summed E-state index contributed by atoms with van der Waals surface area (Å²) in [5, 5.41) is 14.7. The highest BCUT2D eigenvalue weighted by molar-refractivity contribution is 6.04. The highest BCUT2D eigenvalue weighted by atomic mass is 16.5. The third-order valence-electron chi connectivity index (χ3n) is 5.44. The van der Waals surface area contributed by atoms with Gasteiger partial charge in [-0.1, -0.05) is 17.7 Å². The maximum atomic E-state index is 10.0. The second-order valence-corrected chi connectivity index (χ2v) is 8.87. The van der Waals surface area contributed by atoms with E-state index < -0.39 is 5.60 Å². The van der Waals surface area contributed by atoms with Crippen LogP contribution in [0.5, 0.6) is 6.01 Å². The summed E-state index contributed by atoms with van der Waals surface area (Å²) in [5.74, 6) is 1.44. The Morgan fingerprint density at radius 3 is 2.70 bits per heavy atom. The van der Waals surface area contributed by atoms with Crippen LogP contribution >= 0.6 is 0 Å². The fraction of sp³-hybridized carbons (Fsp3) is 0.522. The lowest BCUT2D eigenvalue weighted by molar-refractivity contribution is 0.0251. The fourth-order valence-electron chi connectivity index (χ4n) is 3.87. The van der Waals surface area contributed by atoms with E-state index in [1.165, 1.54) is 23.1 Å². The Bertz CT molecular complexity index is 930. The quantitative estimate of drug-likeness (QED) is 0.708. The Kier molecular flexibility index (Phi) is 5.90. The number of piperidine rings is 1. The average Bonchev–Trinajstić information content (AvgIpc) is 3.13. The van der Waals surface area contributed by atoms with Crippen LogP contribution < -0.4 is 15.1 Å². The molecule has 160 valence electrons. The van der Waals surface area contributed by atoms with Crippen molar-refractivity contribution >= 4 is 17.3 Å². The van der Waals surface area contributed by atoms with Gasteiger partial charge in [0.25, 0.3) is 0 Å². The molecule has 0 saturated carbocycles. The number of hydrazone groups is 1. The molecule has 0 bridgehead atoms. The standard InChI is InChI=1S/C23H31N5O2/c1-16-7-8-17-9-10-19(18(17)13-16)26-27-20-14-21(28-11-5-4-6-12-28)25-22(24-20)30-15-23(2,3)29/h7-8,13-14,29H,4-6,9-12,15H2,1-3H3,(H,24,25,27)/b26-19+. The summed E-state index contributed by atoms with van der Waals surface area (Å²) in [4.78, 5) is 11.3. The van der Waals surface area contributed by atoms with Crippen LogP contribution in [0.4, 0.5) is 11.6 Å². The van der Waals surface area contributed by atoms with Crippen LogP contribution in [0.1, 0.15) is 56.2 Å². The zero-order valence-electron chi connectivity index (χ0n) is 18.1. The van der Waals surface area contributed by atoms with E-state index in [1.54, 1.807) is 13.8 Å². The molecule has 1 aromatic carbocycles. The van der Waals surface area contributed by atoms with Crippen LogP contribution in [0.25, 0.3) is 0 Å². The predicted molar refractivity (Wildman–Crippen MR) is 120 cm³/mol. The van der Waals surface area contributed by atoms with Crippen molar-refractivity contribution in [3.8, 4) is 6.01 Å². The number of aromatic nitrogens is 2. The summed E-state index contributed by atoms with van der Waals surface area (Å²) in [6.45, 7) is 7.58. The molecule has 0 atom stereocenters. The molecule has 2 N–H and O–H groups in total. The number of ether oxygens (including phenoxy) is 1. The van der Waals surface area contributed by atoms with Gasteiger partial charge in [0.2, 0.25) is 0 Å². The van der Waals surface area contributed by atoms with E-state index in [0.29, 0.717) is 5.82 Å². The van der Waals surface area contributed by atoms with Gasteiger partial charge in [0.15, 0.2) is 5.82 Å². The third kappa shape index (κ3) is 5.08. The highest BCUT2D eigenvalue weighted by Gasteiger charge is 2.20. The van der Waals surface area contributed by atoms with Gasteiger partial charge in [-0.3, -0.25) is 5.43 Å². The SMILES string of the molecule is Cc1ccc2c(c1)/C(=N/Nc1cc(N3CCCCC3)nc(OCC(C)(C)O)n1)CC2. The third-order valence-corrected chi connectivity index (χ3v) is 5.44. The van der Waals surface area contributed by atoms with Crippen LogP contribution in [-0.4, -0.2) is 46.1 Å². The second kappa shape index (κ2) is 8.60. The first-order valence-corrected chi connectivity index (χ1v) is 10.8. The van der Waals surface area contributed by atoms with E-state index >= 15 is 0 Å². The highest BCUT2D eigenvalue weighted by Crippen LogP contribution is 2.26. The summed E-state index contributed by atoms with van der Waals surface area (Å²) < 4.78 is 5.70. The van der Waals surface area contributed by atoms with Crippen LogP contribution in [0.3, 0.4) is 0 Å². The van der Waals surface area contributed by atoms with Crippen molar-refractivity contribution in [1.29, 1.82) is 0 Å². The smallest absolute Gasteiger partial charge is 0.320 e. The molecular weight excluding hydrogens is 378 g/mol. The zero-order valence-corrected chi connectivity index (χ0v) is 18.1. The van der Waals surface area contributed by atoms with E-state index in [9.17, 15) is 5.11 Å². The largest absolute Gasteiger partial charge is 0.460 e. The molecule has 1 aliphatic heterocycles. The van der Waals surface area contributed by atoms with Gasteiger partial charge in [0.1, 0.15) is 12.4 Å². The summed E-state index contributed by atoms with van der Waals surface area (Å²) >= 11 is 0. The molecule has 1 aliphatic carbocycles. The molecule has 1 saturated heterocycles. The monoisotopic (exact) mass is 409 g/mol. The summed E-state index contributed by atoms with van der Waals surface area (Å²) in [6.07, 6.45) is 5.49. The Labute approximate surface area is 178 Å². The molecule has 30 heavy (non-hydrogen) atoms. The van der Waals surface area contributed by atoms with Crippen molar-refractivity contribution in [2.24, 2.45) is 5.10 Å². The van der Waals surface area contributed by atoms with Crippen molar-refractivity contribution in [2.45, 2.75) is 58.5 Å². The van der Waals surface area contributed by atoms with E-state index in [1.807, 2.05) is 6.07 Å². The average molecular weight is 410 g/mol. The zero-order chi connectivity index (χ0) is 21.1. The Morgan fingerprint density at radius 2 is 1.93 bits per heavy atom. The number of nitrogens with zero attached hydrogens (tertiary/aromatic N) is 4. The molecule has 1 fully saturated rings. The van der Waals surface area contributed by atoms with Crippen molar-refractivity contribution in [1.82, 2.24) is 9.97 Å². The first-order valence-electron chi connectivity index (χ1n) is 10.8. The summed E-state index contributed by atoms with van der Waals surface area (Å²) in [6, 6.07) is 8.72. The van der Waals surface area contributed by atoms with Gasteiger partial charge in [-0.15, -0.1) is 0 Å². The number of aryl methyl sites for hydroxylation is 2. The van der Waals surface area contributed by atoms with Crippen molar-refractivity contribution in [3.63, 3.8) is 0 Å². The minimum atomic E-state index is -0.955. The molecule has 7 heteroatoms. The van der Waals surface area contributed by atoms with E-state index in [0.717, 1.165) is 50.3 Å². The molecule has 2 aliphatic rings. The van der Waals surface area contributed by atoms with Gasteiger partial charge in [-0.05, 0) is 64.5 Å². The molecule has 0 unspecified atom stereocenters. The molecule has 2 aromatic rings. The fourth-order valence-corrected chi connectivity index (χ4v) is 3.87. The van der Waals surface area contributed by atoms with Gasteiger partial charge in [0.05, 0.1) is 11.3 Å². The first kappa shape index (κ1) is 20.6. The first-order chi connectivity index (χ1) is 14.4. The van der Waals surface area contributed by atoms with E-state index in [-0.39, 0.29) is 12.6 Å².